The van der Waals surface area contributed by atoms with E-state index in [0.29, 0.717) is 24.6 Å². The van der Waals surface area contributed by atoms with Gasteiger partial charge in [-0.2, -0.15) is 0 Å². The number of carbonyl (C=O) groups excluding carboxylic acids is 1. The number of thioether (sulfide) groups is 1. The summed E-state index contributed by atoms with van der Waals surface area (Å²) in [5.74, 6) is 0.775. The second kappa shape index (κ2) is 9.71. The van der Waals surface area contributed by atoms with Gasteiger partial charge < -0.3 is 4.74 Å². The van der Waals surface area contributed by atoms with Crippen LogP contribution in [0, 0.1) is 0 Å². The molecule has 1 fully saturated rings. The zero-order valence-electron chi connectivity index (χ0n) is 17.5. The lowest BCUT2D eigenvalue weighted by Gasteiger charge is -2.11. The van der Waals surface area contributed by atoms with Crippen LogP contribution in [0.2, 0.25) is 0 Å². The Balaban J connectivity index is 1.48. The van der Waals surface area contributed by atoms with Crippen LogP contribution in [0.5, 0.6) is 5.75 Å². The Morgan fingerprint density at radius 1 is 1.06 bits per heavy atom. The van der Waals surface area contributed by atoms with E-state index in [1.54, 1.807) is 4.90 Å². The van der Waals surface area contributed by atoms with E-state index >= 15 is 0 Å². The van der Waals surface area contributed by atoms with Crippen molar-refractivity contribution in [1.82, 2.24) is 4.90 Å². The monoisotopic (exact) mass is 494 g/mol. The van der Waals surface area contributed by atoms with Crippen LogP contribution in [0.3, 0.4) is 0 Å². The first kappa shape index (κ1) is 21.7. The highest BCUT2D eigenvalue weighted by molar-refractivity contribution is 9.10. The fraction of sp³-hybridized carbons (Fsp3) is 0.200. The molecule has 0 spiro atoms. The average Bonchev–Trinajstić information content (AvgIpc) is 3.07. The third-order valence-electron chi connectivity index (χ3n) is 4.96. The van der Waals surface area contributed by atoms with E-state index in [4.69, 9.17) is 4.74 Å². The van der Waals surface area contributed by atoms with Gasteiger partial charge in [-0.15, -0.1) is 0 Å². The molecule has 1 aliphatic rings. The zero-order chi connectivity index (χ0) is 21.8. The largest absolute Gasteiger partial charge is 0.488 e. The van der Waals surface area contributed by atoms with Crippen molar-refractivity contribution >= 4 is 55.6 Å². The van der Waals surface area contributed by atoms with Gasteiger partial charge in [0.05, 0.1) is 9.38 Å². The lowest BCUT2D eigenvalue weighted by Crippen LogP contribution is -2.28. The summed E-state index contributed by atoms with van der Waals surface area (Å²) in [5.41, 5.74) is 2.06. The van der Waals surface area contributed by atoms with Gasteiger partial charge in [-0.25, -0.2) is 0 Å². The Hall–Kier alpha value is -2.57. The second-order valence-corrected chi connectivity index (χ2v) is 8.94. The molecule has 158 valence electrons. The molecule has 0 aliphatic carbocycles. The lowest BCUT2D eigenvalue weighted by molar-refractivity contribution is -0.122. The molecule has 1 heterocycles. The first-order valence-corrected chi connectivity index (χ1v) is 11.9. The van der Waals surface area contributed by atoms with Gasteiger partial charge in [0.1, 0.15) is 12.4 Å². The minimum Gasteiger partial charge on any atom is -0.488 e. The van der Waals surface area contributed by atoms with Crippen molar-refractivity contribution in [3.05, 3.63) is 81.2 Å². The first-order valence-electron chi connectivity index (χ1n) is 10.2. The van der Waals surface area contributed by atoms with Crippen molar-refractivity contribution in [2.75, 3.05) is 13.1 Å². The van der Waals surface area contributed by atoms with Crippen LogP contribution in [-0.2, 0) is 11.4 Å². The molecular formula is C25H23BrN2O2S. The minimum atomic E-state index is 0.00690. The number of carbonyl (C=O) groups is 1. The minimum absolute atomic E-state index is 0.00690. The van der Waals surface area contributed by atoms with Crippen LogP contribution in [0.1, 0.15) is 25.0 Å². The maximum atomic E-state index is 12.7. The maximum absolute atomic E-state index is 12.7. The predicted molar refractivity (Wildman–Crippen MR) is 133 cm³/mol. The van der Waals surface area contributed by atoms with E-state index < -0.39 is 0 Å². The number of amides is 1. The first-order chi connectivity index (χ1) is 15.1. The van der Waals surface area contributed by atoms with Crippen molar-refractivity contribution in [3.8, 4) is 5.75 Å². The van der Waals surface area contributed by atoms with E-state index in [-0.39, 0.29) is 5.91 Å². The summed E-state index contributed by atoms with van der Waals surface area (Å²) in [7, 11) is 0. The summed E-state index contributed by atoms with van der Waals surface area (Å²) < 4.78 is 6.89. The smallest absolute Gasteiger partial charge is 0.266 e. The molecule has 0 aromatic heterocycles. The highest BCUT2D eigenvalue weighted by Crippen LogP contribution is 2.34. The number of amidine groups is 1. The third-order valence-corrected chi connectivity index (χ3v) is 6.62. The van der Waals surface area contributed by atoms with E-state index in [1.807, 2.05) is 50.3 Å². The normalized spacial score (nSPS) is 16.6. The molecule has 1 amide bonds. The molecule has 0 saturated carbocycles. The number of halogens is 1. The Bertz CT molecular complexity index is 1190. The number of ether oxygens (including phenoxy) is 1. The van der Waals surface area contributed by atoms with Crippen LogP contribution in [-0.4, -0.2) is 29.1 Å². The Morgan fingerprint density at radius 3 is 2.61 bits per heavy atom. The van der Waals surface area contributed by atoms with Gasteiger partial charge in [0.2, 0.25) is 0 Å². The van der Waals surface area contributed by atoms with Gasteiger partial charge in [0.15, 0.2) is 5.17 Å². The summed E-state index contributed by atoms with van der Waals surface area (Å²) in [6.45, 7) is 5.70. The molecule has 4 nitrogen and oxygen atoms in total. The zero-order valence-corrected chi connectivity index (χ0v) is 19.9. The van der Waals surface area contributed by atoms with Crippen molar-refractivity contribution < 1.29 is 9.53 Å². The van der Waals surface area contributed by atoms with Crippen molar-refractivity contribution in [2.45, 2.75) is 20.5 Å². The van der Waals surface area contributed by atoms with Crippen LogP contribution >= 0.6 is 27.7 Å². The van der Waals surface area contributed by atoms with Gasteiger partial charge >= 0.3 is 0 Å². The molecule has 3 aromatic rings. The second-order valence-electron chi connectivity index (χ2n) is 7.08. The fourth-order valence-corrected chi connectivity index (χ4v) is 5.02. The predicted octanol–water partition coefficient (Wildman–Crippen LogP) is 6.49. The molecule has 1 aliphatic heterocycles. The van der Waals surface area contributed by atoms with Gasteiger partial charge in [-0.1, -0.05) is 42.5 Å². The molecule has 0 radical (unpaired) electrons. The van der Waals surface area contributed by atoms with Crippen LogP contribution in [0.4, 0.5) is 0 Å². The summed E-state index contributed by atoms with van der Waals surface area (Å²) in [6.07, 6.45) is 1.91. The molecule has 3 aromatic carbocycles. The quantitative estimate of drug-likeness (QED) is 0.367. The fourth-order valence-electron chi connectivity index (χ4n) is 3.40. The van der Waals surface area contributed by atoms with Crippen molar-refractivity contribution in [3.63, 3.8) is 0 Å². The standard InChI is InChI=1S/C25H23BrN2O2S/c1-3-27-25-28(4-2)24(29)23(31-25)15-17-10-12-22(21(26)14-17)30-16-18-9-11-19-7-5-6-8-20(19)13-18/h5-15H,3-4,16H2,1-2H3/b23-15-,27-25?. The third kappa shape index (κ3) is 4.86. The summed E-state index contributed by atoms with van der Waals surface area (Å²) >= 11 is 5.04. The van der Waals surface area contributed by atoms with E-state index in [9.17, 15) is 4.79 Å². The number of aliphatic imine (C=N–C) groups is 1. The SMILES string of the molecule is CCN=C1S/C(=C\c2ccc(OCc3ccc4ccccc4c3)c(Br)c2)C(=O)N1CC. The molecule has 31 heavy (non-hydrogen) atoms. The summed E-state index contributed by atoms with van der Waals surface area (Å²) in [6, 6.07) is 20.5. The Kier molecular flexibility index (Phi) is 6.78. The Labute approximate surface area is 195 Å². The number of fused-ring (bicyclic) bond motifs is 1. The Morgan fingerprint density at radius 2 is 1.87 bits per heavy atom. The molecule has 0 atom stereocenters. The van der Waals surface area contributed by atoms with Gasteiger partial charge in [0.25, 0.3) is 5.91 Å². The number of hydrogen-bond donors (Lipinski definition) is 0. The summed E-state index contributed by atoms with van der Waals surface area (Å²) in [5, 5.41) is 3.20. The molecule has 1 saturated heterocycles. The van der Waals surface area contributed by atoms with Crippen LogP contribution in [0.25, 0.3) is 16.8 Å². The highest BCUT2D eigenvalue weighted by Gasteiger charge is 2.31. The molecule has 0 bridgehead atoms. The van der Waals surface area contributed by atoms with Gasteiger partial charge in [0, 0.05) is 13.1 Å². The highest BCUT2D eigenvalue weighted by atomic mass is 79.9. The molecule has 0 unspecified atom stereocenters. The molecule has 0 N–H and O–H groups in total. The topological polar surface area (TPSA) is 41.9 Å². The number of likely N-dealkylation sites (N-methyl/N-ethyl adjacent to an activating group) is 1. The van der Waals surface area contributed by atoms with Gasteiger partial charge in [-0.3, -0.25) is 14.7 Å². The molecule has 4 rings (SSSR count). The maximum Gasteiger partial charge on any atom is 0.266 e. The lowest BCUT2D eigenvalue weighted by atomic mass is 10.1. The number of hydrogen-bond acceptors (Lipinski definition) is 4. The average molecular weight is 495 g/mol. The number of rotatable bonds is 6. The van der Waals surface area contributed by atoms with Crippen molar-refractivity contribution in [1.29, 1.82) is 0 Å². The van der Waals surface area contributed by atoms with Gasteiger partial charge in [-0.05, 0) is 87.7 Å². The van der Waals surface area contributed by atoms with E-state index in [1.165, 1.54) is 22.5 Å². The molecule has 6 heteroatoms. The van der Waals surface area contributed by atoms with Crippen LogP contribution < -0.4 is 4.74 Å². The van der Waals surface area contributed by atoms with Crippen molar-refractivity contribution in [2.24, 2.45) is 4.99 Å². The van der Waals surface area contributed by atoms with E-state index in [2.05, 4.69) is 51.3 Å². The number of benzene rings is 3. The van der Waals surface area contributed by atoms with E-state index in [0.717, 1.165) is 26.5 Å². The summed E-state index contributed by atoms with van der Waals surface area (Å²) in [4.78, 5) is 19.5. The molecular weight excluding hydrogens is 472 g/mol. The number of nitrogens with zero attached hydrogens (tertiary/aromatic N) is 2. The van der Waals surface area contributed by atoms with Crippen LogP contribution in [0.15, 0.2) is 75.0 Å².